The zero-order chi connectivity index (χ0) is 11.8. The van der Waals surface area contributed by atoms with Crippen molar-refractivity contribution in [3.05, 3.63) is 35.9 Å². The number of amides is 1. The Morgan fingerprint density at radius 2 is 1.94 bits per heavy atom. The molecule has 0 aromatic heterocycles. The quantitative estimate of drug-likeness (QED) is 0.745. The number of hydrogen-bond acceptors (Lipinski definition) is 2. The minimum Gasteiger partial charge on any atom is -0.465 e. The summed E-state index contributed by atoms with van der Waals surface area (Å²) in [6.45, 7) is 0.693. The first kappa shape index (κ1) is 12.2. The highest BCUT2D eigenvalue weighted by Gasteiger charge is 2.10. The van der Waals surface area contributed by atoms with E-state index < -0.39 is 6.09 Å². The summed E-state index contributed by atoms with van der Waals surface area (Å²) in [6, 6.07) is 9.68. The third kappa shape index (κ3) is 4.13. The smallest absolute Gasteiger partial charge is 0.407 e. The summed E-state index contributed by atoms with van der Waals surface area (Å²) < 4.78 is 0. The zero-order valence-corrected chi connectivity index (χ0v) is 9.00. The number of hydrogen-bond donors (Lipinski definition) is 1. The Labute approximate surface area is 94.5 Å². The highest BCUT2D eigenvalue weighted by Crippen LogP contribution is 2.02. The van der Waals surface area contributed by atoms with Crippen LogP contribution < -0.4 is 0 Å². The maximum atomic E-state index is 10.8. The molecule has 1 amide bonds. The van der Waals surface area contributed by atoms with Gasteiger partial charge in [0, 0.05) is 19.5 Å². The molecule has 0 spiro atoms. The van der Waals surface area contributed by atoms with Crippen LogP contribution in [0.3, 0.4) is 0 Å². The summed E-state index contributed by atoms with van der Waals surface area (Å²) in [5.74, 6) is 0. The third-order valence-electron chi connectivity index (χ3n) is 2.30. The largest absolute Gasteiger partial charge is 0.465 e. The molecule has 0 fully saturated rings. The highest BCUT2D eigenvalue weighted by molar-refractivity contribution is 5.65. The number of aldehydes is 1. The fourth-order valence-electron chi connectivity index (χ4n) is 1.42. The summed E-state index contributed by atoms with van der Waals surface area (Å²) in [6.07, 6.45) is 0.684. The van der Waals surface area contributed by atoms with Gasteiger partial charge in [0.15, 0.2) is 0 Å². The van der Waals surface area contributed by atoms with E-state index in [9.17, 15) is 9.59 Å². The Kier molecular flexibility index (Phi) is 5.05. The van der Waals surface area contributed by atoms with E-state index in [1.807, 2.05) is 30.3 Å². The lowest BCUT2D eigenvalue weighted by Crippen LogP contribution is -2.32. The van der Waals surface area contributed by atoms with Gasteiger partial charge in [-0.25, -0.2) is 4.79 Å². The first-order valence-electron chi connectivity index (χ1n) is 5.19. The van der Waals surface area contributed by atoms with Crippen LogP contribution in [0.5, 0.6) is 0 Å². The summed E-state index contributed by atoms with van der Waals surface area (Å²) in [5.41, 5.74) is 1.10. The lowest BCUT2D eigenvalue weighted by molar-refractivity contribution is -0.108. The van der Waals surface area contributed by atoms with Crippen molar-refractivity contribution in [3.63, 3.8) is 0 Å². The molecule has 0 aliphatic carbocycles. The number of rotatable bonds is 6. The van der Waals surface area contributed by atoms with Crippen molar-refractivity contribution in [1.82, 2.24) is 4.90 Å². The van der Waals surface area contributed by atoms with E-state index in [1.54, 1.807) is 0 Å². The molecule has 16 heavy (non-hydrogen) atoms. The van der Waals surface area contributed by atoms with Crippen LogP contribution in [-0.4, -0.2) is 35.5 Å². The van der Waals surface area contributed by atoms with Crippen LogP contribution in [0.25, 0.3) is 0 Å². The van der Waals surface area contributed by atoms with Gasteiger partial charge in [0.1, 0.15) is 6.29 Å². The number of nitrogens with zero attached hydrogens (tertiary/aromatic N) is 1. The molecule has 1 rings (SSSR count). The second-order valence-electron chi connectivity index (χ2n) is 3.46. The Morgan fingerprint density at radius 3 is 2.50 bits per heavy atom. The average Bonchev–Trinajstić information content (AvgIpc) is 2.30. The highest BCUT2D eigenvalue weighted by atomic mass is 16.4. The topological polar surface area (TPSA) is 57.6 Å². The first-order chi connectivity index (χ1) is 7.74. The van der Waals surface area contributed by atoms with Crippen LogP contribution in [0.1, 0.15) is 12.0 Å². The van der Waals surface area contributed by atoms with Crippen molar-refractivity contribution in [3.8, 4) is 0 Å². The van der Waals surface area contributed by atoms with E-state index in [0.29, 0.717) is 13.0 Å². The molecule has 0 aliphatic rings. The molecule has 0 bridgehead atoms. The van der Waals surface area contributed by atoms with Crippen molar-refractivity contribution in [2.75, 3.05) is 13.1 Å². The van der Waals surface area contributed by atoms with E-state index >= 15 is 0 Å². The third-order valence-corrected chi connectivity index (χ3v) is 2.30. The zero-order valence-electron chi connectivity index (χ0n) is 9.00. The molecular weight excluding hydrogens is 206 g/mol. The molecule has 0 radical (unpaired) electrons. The van der Waals surface area contributed by atoms with Crippen LogP contribution in [0, 0.1) is 0 Å². The second kappa shape index (κ2) is 6.61. The minimum absolute atomic E-state index is 0.251. The first-order valence-corrected chi connectivity index (χ1v) is 5.19. The Morgan fingerprint density at radius 1 is 1.25 bits per heavy atom. The van der Waals surface area contributed by atoms with Gasteiger partial charge < -0.3 is 14.8 Å². The molecule has 0 saturated heterocycles. The van der Waals surface area contributed by atoms with E-state index in [2.05, 4.69) is 0 Å². The summed E-state index contributed by atoms with van der Waals surface area (Å²) >= 11 is 0. The van der Waals surface area contributed by atoms with Crippen LogP contribution in [0.4, 0.5) is 4.79 Å². The Balaban J connectivity index is 2.43. The van der Waals surface area contributed by atoms with Crippen LogP contribution >= 0.6 is 0 Å². The molecule has 1 aromatic carbocycles. The molecule has 0 heterocycles. The summed E-state index contributed by atoms with van der Waals surface area (Å²) in [7, 11) is 0. The molecule has 1 N–H and O–H groups in total. The Hall–Kier alpha value is -1.84. The van der Waals surface area contributed by atoms with Crippen molar-refractivity contribution >= 4 is 12.4 Å². The van der Waals surface area contributed by atoms with Crippen molar-refractivity contribution in [2.45, 2.75) is 12.8 Å². The standard InChI is InChI=1S/C12H15NO3/c14-10-4-8-13(12(15)16)9-7-11-5-2-1-3-6-11/h1-3,5-6,10H,4,7-9H2,(H,15,16). The molecule has 0 atom stereocenters. The van der Waals surface area contributed by atoms with Crippen molar-refractivity contribution in [1.29, 1.82) is 0 Å². The van der Waals surface area contributed by atoms with Crippen LogP contribution in [-0.2, 0) is 11.2 Å². The predicted octanol–water partition coefficient (Wildman–Crippen LogP) is 1.80. The van der Waals surface area contributed by atoms with Gasteiger partial charge in [-0.1, -0.05) is 30.3 Å². The van der Waals surface area contributed by atoms with Gasteiger partial charge in [-0.15, -0.1) is 0 Å². The molecule has 0 aliphatic heterocycles. The molecule has 0 saturated carbocycles. The summed E-state index contributed by atoms with van der Waals surface area (Å²) in [4.78, 5) is 22.3. The summed E-state index contributed by atoms with van der Waals surface area (Å²) in [5, 5.41) is 8.89. The lowest BCUT2D eigenvalue weighted by Gasteiger charge is -2.17. The van der Waals surface area contributed by atoms with Crippen molar-refractivity contribution < 1.29 is 14.7 Å². The fraction of sp³-hybridized carbons (Fsp3) is 0.333. The average molecular weight is 221 g/mol. The van der Waals surface area contributed by atoms with Gasteiger partial charge in [0.25, 0.3) is 0 Å². The SMILES string of the molecule is O=CCCN(CCc1ccccc1)C(=O)O. The maximum Gasteiger partial charge on any atom is 0.407 e. The lowest BCUT2D eigenvalue weighted by atomic mass is 10.1. The van der Waals surface area contributed by atoms with Crippen LogP contribution in [0.2, 0.25) is 0 Å². The van der Waals surface area contributed by atoms with Crippen LogP contribution in [0.15, 0.2) is 30.3 Å². The molecular formula is C12H15NO3. The van der Waals surface area contributed by atoms with E-state index in [0.717, 1.165) is 11.8 Å². The second-order valence-corrected chi connectivity index (χ2v) is 3.46. The monoisotopic (exact) mass is 221 g/mol. The molecule has 1 aromatic rings. The molecule has 0 unspecified atom stereocenters. The number of carboxylic acid groups (broad SMARTS) is 1. The van der Waals surface area contributed by atoms with Gasteiger partial charge in [0.05, 0.1) is 0 Å². The van der Waals surface area contributed by atoms with Gasteiger partial charge in [-0.2, -0.15) is 0 Å². The van der Waals surface area contributed by atoms with Gasteiger partial charge in [-0.05, 0) is 12.0 Å². The maximum absolute atomic E-state index is 10.8. The minimum atomic E-state index is -0.974. The fourth-order valence-corrected chi connectivity index (χ4v) is 1.42. The number of benzene rings is 1. The van der Waals surface area contributed by atoms with E-state index in [4.69, 9.17) is 5.11 Å². The van der Waals surface area contributed by atoms with E-state index in [-0.39, 0.29) is 13.0 Å². The van der Waals surface area contributed by atoms with Gasteiger partial charge in [0.2, 0.25) is 0 Å². The normalized spacial score (nSPS) is 9.75. The molecule has 4 heteroatoms. The predicted molar refractivity (Wildman–Crippen MR) is 60.4 cm³/mol. The molecule has 4 nitrogen and oxygen atoms in total. The van der Waals surface area contributed by atoms with Gasteiger partial charge in [-0.3, -0.25) is 0 Å². The molecule has 86 valence electrons. The van der Waals surface area contributed by atoms with Crippen molar-refractivity contribution in [2.24, 2.45) is 0 Å². The Bertz CT molecular complexity index is 337. The van der Waals surface area contributed by atoms with Gasteiger partial charge >= 0.3 is 6.09 Å². The van der Waals surface area contributed by atoms with E-state index in [1.165, 1.54) is 4.90 Å². The number of carbonyl (C=O) groups is 2. The number of carbonyl (C=O) groups excluding carboxylic acids is 1.